The number of amides is 2. The number of halogens is 1. The van der Waals surface area contributed by atoms with E-state index in [1.807, 2.05) is 6.92 Å². The molecule has 0 saturated carbocycles. The topological polar surface area (TPSA) is 123 Å². The van der Waals surface area contributed by atoms with Gasteiger partial charge in [0, 0.05) is 42.7 Å². The largest absolute Gasteiger partial charge is 0.449 e. The van der Waals surface area contributed by atoms with E-state index in [1.54, 1.807) is 46.2 Å². The summed E-state index contributed by atoms with van der Waals surface area (Å²) >= 11 is 6.48. The predicted octanol–water partition coefficient (Wildman–Crippen LogP) is 3.51. The number of fused-ring (bicyclic) bond motifs is 1. The van der Waals surface area contributed by atoms with E-state index in [4.69, 9.17) is 21.5 Å². The summed E-state index contributed by atoms with van der Waals surface area (Å²) < 4.78 is 28.2. The summed E-state index contributed by atoms with van der Waals surface area (Å²) in [6.07, 6.45) is 0.403. The zero-order valence-corrected chi connectivity index (χ0v) is 20.7. The van der Waals surface area contributed by atoms with Crippen LogP contribution in [0.15, 0.2) is 53.4 Å². The van der Waals surface area contributed by atoms with E-state index >= 15 is 0 Å². The first-order valence-electron chi connectivity index (χ1n) is 11.1. The van der Waals surface area contributed by atoms with Crippen LogP contribution in [0.25, 0.3) is 22.2 Å². The zero-order valence-electron chi connectivity index (χ0n) is 19.1. The van der Waals surface area contributed by atoms with Crippen molar-refractivity contribution in [2.75, 3.05) is 32.8 Å². The van der Waals surface area contributed by atoms with E-state index in [-0.39, 0.29) is 16.9 Å². The highest BCUT2D eigenvalue weighted by molar-refractivity contribution is 7.89. The molecule has 2 heterocycles. The Hall–Kier alpha value is -3.21. The van der Waals surface area contributed by atoms with Crippen LogP contribution in [0, 0.1) is 0 Å². The van der Waals surface area contributed by atoms with Gasteiger partial charge in [-0.15, -0.1) is 0 Å². The lowest BCUT2D eigenvalue weighted by molar-refractivity contribution is 0.0560. The number of sulfonamides is 1. The molecule has 4 rings (SSSR count). The highest BCUT2D eigenvalue weighted by atomic mass is 35.5. The summed E-state index contributed by atoms with van der Waals surface area (Å²) in [6, 6.07) is 12.9. The van der Waals surface area contributed by atoms with Gasteiger partial charge in [-0.25, -0.2) is 23.3 Å². The van der Waals surface area contributed by atoms with E-state index < -0.39 is 10.0 Å². The molecule has 35 heavy (non-hydrogen) atoms. The number of rotatable bonds is 5. The Balaban J connectivity index is 1.54. The van der Waals surface area contributed by atoms with Crippen LogP contribution in [0.1, 0.15) is 23.7 Å². The van der Waals surface area contributed by atoms with Crippen LogP contribution in [0.5, 0.6) is 0 Å². The second-order valence-electron chi connectivity index (χ2n) is 8.18. The summed E-state index contributed by atoms with van der Waals surface area (Å²) in [6.45, 7) is 3.94. The van der Waals surface area contributed by atoms with Crippen LogP contribution in [-0.4, -0.2) is 68.0 Å². The first-order valence-corrected chi connectivity index (χ1v) is 13.0. The van der Waals surface area contributed by atoms with E-state index in [9.17, 15) is 18.0 Å². The highest BCUT2D eigenvalue weighted by Crippen LogP contribution is 2.29. The van der Waals surface area contributed by atoms with Gasteiger partial charge in [-0.2, -0.15) is 0 Å². The van der Waals surface area contributed by atoms with Gasteiger partial charge in [0.2, 0.25) is 10.0 Å². The minimum atomic E-state index is -3.80. The fourth-order valence-corrected chi connectivity index (χ4v) is 4.62. The summed E-state index contributed by atoms with van der Waals surface area (Å²) in [7, 11) is -3.80. The molecule has 1 aliphatic heterocycles. The molecule has 184 valence electrons. The van der Waals surface area contributed by atoms with E-state index in [0.29, 0.717) is 65.5 Å². The third kappa shape index (κ3) is 5.55. The van der Waals surface area contributed by atoms with E-state index in [0.717, 1.165) is 6.42 Å². The molecule has 2 amide bonds. The second-order valence-corrected chi connectivity index (χ2v) is 10.2. The Morgan fingerprint density at radius 1 is 1.03 bits per heavy atom. The van der Waals surface area contributed by atoms with Gasteiger partial charge in [0.15, 0.2) is 0 Å². The van der Waals surface area contributed by atoms with Crippen LogP contribution in [-0.2, 0) is 14.8 Å². The zero-order chi connectivity index (χ0) is 25.2. The average Bonchev–Trinajstić information content (AvgIpc) is 2.86. The molecule has 0 atom stereocenters. The lowest BCUT2D eigenvalue weighted by atomic mass is 10.1. The molecule has 0 unspecified atom stereocenters. The van der Waals surface area contributed by atoms with Crippen LogP contribution in [0.2, 0.25) is 5.02 Å². The molecule has 0 bridgehead atoms. The fraction of sp³-hybridized carbons (Fsp3) is 0.292. The van der Waals surface area contributed by atoms with Crippen LogP contribution < -0.4 is 5.14 Å². The van der Waals surface area contributed by atoms with Crippen LogP contribution in [0.3, 0.4) is 0 Å². The molecule has 11 heteroatoms. The second kappa shape index (κ2) is 10.2. The quantitative estimate of drug-likeness (QED) is 0.553. The molecule has 1 saturated heterocycles. The lowest BCUT2D eigenvalue weighted by Gasteiger charge is -2.34. The molecule has 2 N–H and O–H groups in total. The number of hydrogen-bond donors (Lipinski definition) is 1. The summed E-state index contributed by atoms with van der Waals surface area (Å²) in [5.41, 5.74) is 2.19. The highest BCUT2D eigenvalue weighted by Gasteiger charge is 2.26. The molecule has 0 aliphatic carbocycles. The van der Waals surface area contributed by atoms with Crippen molar-refractivity contribution < 1.29 is 22.7 Å². The van der Waals surface area contributed by atoms with Gasteiger partial charge >= 0.3 is 6.09 Å². The molecular weight excluding hydrogens is 492 g/mol. The lowest BCUT2D eigenvalue weighted by Crippen LogP contribution is -2.50. The molecule has 0 spiro atoms. The third-order valence-electron chi connectivity index (χ3n) is 5.74. The maximum atomic E-state index is 13.1. The molecular formula is C24H25ClN4O5S. The summed E-state index contributed by atoms with van der Waals surface area (Å²) in [5, 5.41) is 6.31. The molecule has 9 nitrogen and oxygen atoms in total. The Labute approximate surface area is 208 Å². The van der Waals surface area contributed by atoms with Crippen molar-refractivity contribution in [2.24, 2.45) is 5.14 Å². The predicted molar refractivity (Wildman–Crippen MR) is 133 cm³/mol. The number of pyridine rings is 1. The van der Waals surface area contributed by atoms with Crippen molar-refractivity contribution in [3.8, 4) is 11.3 Å². The van der Waals surface area contributed by atoms with Gasteiger partial charge in [0.25, 0.3) is 5.91 Å². The number of carbonyl (C=O) groups is 2. The fourth-order valence-electron chi connectivity index (χ4n) is 3.84. The Morgan fingerprint density at radius 3 is 2.31 bits per heavy atom. The van der Waals surface area contributed by atoms with Crippen molar-refractivity contribution in [3.05, 3.63) is 59.1 Å². The minimum absolute atomic E-state index is 0.000239. The summed E-state index contributed by atoms with van der Waals surface area (Å²) in [4.78, 5) is 33.1. The van der Waals surface area contributed by atoms with Crippen molar-refractivity contribution in [2.45, 2.75) is 18.2 Å². The van der Waals surface area contributed by atoms with Gasteiger partial charge in [-0.05, 0) is 36.8 Å². The molecule has 1 aliphatic rings. The SMILES string of the molecule is CCCOC(=O)N1CCN(C(=O)c2ccc3c(Cl)cc(-c4ccc(S(N)(=O)=O)cc4)nc3c2)CC1. The smallest absolute Gasteiger partial charge is 0.409 e. The number of primary sulfonamides is 1. The van der Waals surface area contributed by atoms with Crippen molar-refractivity contribution in [3.63, 3.8) is 0 Å². The number of nitrogens with zero attached hydrogens (tertiary/aromatic N) is 3. The van der Waals surface area contributed by atoms with Gasteiger partial charge < -0.3 is 14.5 Å². The van der Waals surface area contributed by atoms with Gasteiger partial charge in [-0.3, -0.25) is 4.79 Å². The van der Waals surface area contributed by atoms with Crippen molar-refractivity contribution in [1.82, 2.24) is 14.8 Å². The Morgan fingerprint density at radius 2 is 1.69 bits per heavy atom. The van der Waals surface area contributed by atoms with E-state index in [1.165, 1.54) is 12.1 Å². The summed E-state index contributed by atoms with van der Waals surface area (Å²) in [5.74, 6) is -0.158. The molecule has 1 aromatic heterocycles. The maximum Gasteiger partial charge on any atom is 0.409 e. The standard InChI is InChI=1S/C24H25ClN4O5S/c1-2-13-34-24(31)29-11-9-28(10-12-29)23(30)17-5-8-19-20(25)15-21(27-22(19)14-17)16-3-6-18(7-4-16)35(26,32)33/h3-8,14-15H,2,9-13H2,1H3,(H2,26,32,33). The third-order valence-corrected chi connectivity index (χ3v) is 6.98. The van der Waals surface area contributed by atoms with Crippen molar-refractivity contribution >= 4 is 44.5 Å². The number of nitrogens with two attached hydrogens (primary N) is 1. The number of ether oxygens (including phenoxy) is 1. The van der Waals surface area contributed by atoms with Gasteiger partial charge in [0.05, 0.1) is 27.7 Å². The molecule has 1 fully saturated rings. The molecule has 3 aromatic rings. The molecule has 2 aromatic carbocycles. The van der Waals surface area contributed by atoms with Crippen molar-refractivity contribution in [1.29, 1.82) is 0 Å². The van der Waals surface area contributed by atoms with Crippen LogP contribution in [0.4, 0.5) is 4.79 Å². The Kier molecular flexibility index (Phi) is 7.25. The van der Waals surface area contributed by atoms with E-state index in [2.05, 4.69) is 4.98 Å². The first-order chi connectivity index (χ1) is 16.7. The number of benzene rings is 2. The number of hydrogen-bond acceptors (Lipinski definition) is 6. The molecule has 0 radical (unpaired) electrons. The van der Waals surface area contributed by atoms with Gasteiger partial charge in [0.1, 0.15) is 0 Å². The van der Waals surface area contributed by atoms with Crippen LogP contribution >= 0.6 is 11.6 Å². The Bertz CT molecular complexity index is 1370. The number of aromatic nitrogens is 1. The number of carbonyl (C=O) groups excluding carboxylic acids is 2. The first kappa shape index (κ1) is 24.9. The maximum absolute atomic E-state index is 13.1. The normalized spacial score (nSPS) is 14.3. The van der Waals surface area contributed by atoms with Gasteiger partial charge in [-0.1, -0.05) is 36.7 Å². The monoisotopic (exact) mass is 516 g/mol. The average molecular weight is 517 g/mol. The number of piperazine rings is 1. The minimum Gasteiger partial charge on any atom is -0.449 e.